The lowest BCUT2D eigenvalue weighted by molar-refractivity contribution is -0.384. The van der Waals surface area contributed by atoms with E-state index in [9.17, 15) is 10.1 Å². The van der Waals surface area contributed by atoms with E-state index in [-0.39, 0.29) is 28.8 Å². The van der Waals surface area contributed by atoms with E-state index in [1.807, 2.05) is 0 Å². The first-order valence-electron chi connectivity index (χ1n) is 10.1. The molecular formula is C21H27N7O2S. The van der Waals surface area contributed by atoms with E-state index < -0.39 is 4.92 Å². The Kier molecular flexibility index (Phi) is 5.09. The van der Waals surface area contributed by atoms with Crippen molar-refractivity contribution in [3.05, 3.63) is 34.5 Å². The first-order chi connectivity index (χ1) is 14.5. The Balaban J connectivity index is 1.70. The molecule has 1 aromatic carbocycles. The molecule has 1 aliphatic heterocycles. The first-order valence-corrected chi connectivity index (χ1v) is 11.0. The van der Waals surface area contributed by atoms with E-state index in [4.69, 9.17) is 5.73 Å². The predicted molar refractivity (Wildman–Crippen MR) is 124 cm³/mol. The normalized spacial score (nSPS) is 18.9. The topological polar surface area (TPSA) is 123 Å². The van der Waals surface area contributed by atoms with Gasteiger partial charge in [0.2, 0.25) is 5.95 Å². The zero-order valence-corrected chi connectivity index (χ0v) is 19.2. The fourth-order valence-corrected chi connectivity index (χ4v) is 5.48. The number of benzene rings is 1. The average Bonchev–Trinajstić information content (AvgIpc) is 3.08. The van der Waals surface area contributed by atoms with E-state index in [2.05, 4.69) is 59.9 Å². The molecule has 2 aromatic heterocycles. The molecule has 4 rings (SSSR count). The SMILES string of the molecule is CN1C(C)(C)CC(Nc2nc(N)ncc2-c2nc3ccc([N+](=O)[O-])cc3s2)CC1(C)C. The minimum Gasteiger partial charge on any atom is -0.368 e. The van der Waals surface area contributed by atoms with Crippen LogP contribution in [0, 0.1) is 10.1 Å². The van der Waals surface area contributed by atoms with Crippen molar-refractivity contribution in [3.63, 3.8) is 0 Å². The number of hydrogen-bond donors (Lipinski definition) is 2. The number of nitrogens with zero attached hydrogens (tertiary/aromatic N) is 5. The van der Waals surface area contributed by atoms with E-state index in [0.29, 0.717) is 16.3 Å². The highest BCUT2D eigenvalue weighted by Crippen LogP contribution is 2.40. The second-order valence-corrected chi connectivity index (χ2v) is 10.4. The smallest absolute Gasteiger partial charge is 0.270 e. The fourth-order valence-electron chi connectivity index (χ4n) is 4.47. The van der Waals surface area contributed by atoms with Gasteiger partial charge in [0.05, 0.1) is 20.7 Å². The number of piperidine rings is 1. The lowest BCUT2D eigenvalue weighted by Crippen LogP contribution is -2.61. The summed E-state index contributed by atoms with van der Waals surface area (Å²) in [6.45, 7) is 8.99. The Morgan fingerprint density at radius 1 is 1.23 bits per heavy atom. The number of rotatable bonds is 4. The Morgan fingerprint density at radius 3 is 2.55 bits per heavy atom. The molecule has 1 aliphatic rings. The standard InChI is InChI=1S/C21H27N7O2S/c1-20(2)9-12(10-21(3,4)27(20)5)24-17-14(11-23-19(22)26-17)18-25-15-7-6-13(28(29)30)8-16(15)31-18/h6-8,11-12H,9-10H2,1-5H3,(H3,22,23,24,26). The molecule has 1 saturated heterocycles. The van der Waals surface area contributed by atoms with Crippen LogP contribution < -0.4 is 11.1 Å². The molecular weight excluding hydrogens is 414 g/mol. The van der Waals surface area contributed by atoms with Crippen molar-refractivity contribution >= 4 is 39.0 Å². The summed E-state index contributed by atoms with van der Waals surface area (Å²) in [5, 5.41) is 15.4. The van der Waals surface area contributed by atoms with Crippen molar-refractivity contribution < 1.29 is 4.92 Å². The molecule has 164 valence electrons. The number of nitrogens with two attached hydrogens (primary N) is 1. The van der Waals surface area contributed by atoms with E-state index in [1.165, 1.54) is 17.4 Å². The van der Waals surface area contributed by atoms with Gasteiger partial charge in [-0.2, -0.15) is 4.98 Å². The number of thiazole rings is 1. The summed E-state index contributed by atoms with van der Waals surface area (Å²) in [4.78, 5) is 26.4. The molecule has 31 heavy (non-hydrogen) atoms. The zero-order valence-electron chi connectivity index (χ0n) is 18.3. The van der Waals surface area contributed by atoms with Gasteiger partial charge in [-0.05, 0) is 53.7 Å². The van der Waals surface area contributed by atoms with Gasteiger partial charge in [-0.15, -0.1) is 11.3 Å². The number of anilines is 2. The molecule has 1 fully saturated rings. The highest BCUT2D eigenvalue weighted by molar-refractivity contribution is 7.21. The van der Waals surface area contributed by atoms with E-state index in [1.54, 1.807) is 18.3 Å². The number of nitro benzene ring substituents is 1. The van der Waals surface area contributed by atoms with Gasteiger partial charge in [0, 0.05) is 35.4 Å². The number of hydrogen-bond acceptors (Lipinski definition) is 9. The van der Waals surface area contributed by atoms with Crippen LogP contribution in [0.1, 0.15) is 40.5 Å². The van der Waals surface area contributed by atoms with Crippen LogP contribution in [0.3, 0.4) is 0 Å². The number of nitrogens with one attached hydrogen (secondary N) is 1. The summed E-state index contributed by atoms with van der Waals surface area (Å²) in [6, 6.07) is 4.88. The molecule has 9 nitrogen and oxygen atoms in total. The van der Waals surface area contributed by atoms with Crippen molar-refractivity contribution in [1.29, 1.82) is 0 Å². The maximum atomic E-state index is 11.1. The second kappa shape index (κ2) is 7.38. The van der Waals surface area contributed by atoms with Crippen LogP contribution >= 0.6 is 11.3 Å². The van der Waals surface area contributed by atoms with Gasteiger partial charge in [0.15, 0.2) is 0 Å². The summed E-state index contributed by atoms with van der Waals surface area (Å²) in [6.07, 6.45) is 3.56. The quantitative estimate of drug-likeness (QED) is 0.453. The van der Waals surface area contributed by atoms with Crippen LogP contribution in [0.5, 0.6) is 0 Å². The van der Waals surface area contributed by atoms with Crippen LogP contribution in [0.2, 0.25) is 0 Å². The number of likely N-dealkylation sites (tertiary alicyclic amines) is 1. The summed E-state index contributed by atoms with van der Waals surface area (Å²) in [5.74, 6) is 0.830. The Bertz CT molecular complexity index is 1140. The molecule has 0 saturated carbocycles. The molecule has 10 heteroatoms. The van der Waals surface area contributed by atoms with Crippen LogP contribution in [0.25, 0.3) is 20.8 Å². The van der Waals surface area contributed by atoms with E-state index in [0.717, 1.165) is 23.1 Å². The highest BCUT2D eigenvalue weighted by atomic mass is 32.1. The van der Waals surface area contributed by atoms with Crippen LogP contribution in [0.15, 0.2) is 24.4 Å². The molecule has 0 spiro atoms. The third-order valence-electron chi connectivity index (χ3n) is 6.27. The van der Waals surface area contributed by atoms with Gasteiger partial charge in [-0.25, -0.2) is 9.97 Å². The van der Waals surface area contributed by atoms with Crippen molar-refractivity contribution in [2.24, 2.45) is 0 Å². The van der Waals surface area contributed by atoms with Gasteiger partial charge < -0.3 is 11.1 Å². The highest BCUT2D eigenvalue weighted by Gasteiger charge is 2.43. The van der Waals surface area contributed by atoms with Gasteiger partial charge in [0.25, 0.3) is 5.69 Å². The number of nitrogen functional groups attached to an aromatic ring is 1. The molecule has 0 atom stereocenters. The molecule has 0 bridgehead atoms. The molecule has 3 N–H and O–H groups in total. The van der Waals surface area contributed by atoms with Crippen LogP contribution in [-0.2, 0) is 0 Å². The maximum absolute atomic E-state index is 11.1. The van der Waals surface area contributed by atoms with E-state index >= 15 is 0 Å². The van der Waals surface area contributed by atoms with Gasteiger partial charge >= 0.3 is 0 Å². The van der Waals surface area contributed by atoms with Crippen molar-refractivity contribution in [1.82, 2.24) is 19.9 Å². The zero-order chi connectivity index (χ0) is 22.6. The predicted octanol–water partition coefficient (Wildman–Crippen LogP) is 4.31. The third-order valence-corrected chi connectivity index (χ3v) is 7.32. The summed E-state index contributed by atoms with van der Waals surface area (Å²) < 4.78 is 0.744. The van der Waals surface area contributed by atoms with Crippen molar-refractivity contribution in [3.8, 4) is 10.6 Å². The largest absolute Gasteiger partial charge is 0.368 e. The monoisotopic (exact) mass is 441 g/mol. The lowest BCUT2D eigenvalue weighted by Gasteiger charge is -2.53. The van der Waals surface area contributed by atoms with Crippen molar-refractivity contribution in [2.75, 3.05) is 18.1 Å². The molecule has 3 aromatic rings. The number of nitro groups is 1. The van der Waals surface area contributed by atoms with Crippen LogP contribution in [0.4, 0.5) is 17.5 Å². The summed E-state index contributed by atoms with van der Waals surface area (Å²) in [5.41, 5.74) is 7.44. The lowest BCUT2D eigenvalue weighted by atomic mass is 9.77. The molecule has 0 unspecified atom stereocenters. The minimum atomic E-state index is -0.401. The Labute approximate surface area is 184 Å². The number of fused-ring (bicyclic) bond motifs is 1. The summed E-state index contributed by atoms with van der Waals surface area (Å²) >= 11 is 1.38. The Hall–Kier alpha value is -2.85. The van der Waals surface area contributed by atoms with Gasteiger partial charge in [0.1, 0.15) is 10.8 Å². The molecule has 0 radical (unpaired) electrons. The molecule has 0 aliphatic carbocycles. The first kappa shape index (κ1) is 21.4. The number of non-ortho nitro benzene ring substituents is 1. The summed E-state index contributed by atoms with van der Waals surface area (Å²) in [7, 11) is 2.17. The average molecular weight is 442 g/mol. The van der Waals surface area contributed by atoms with Crippen LogP contribution in [-0.4, -0.2) is 48.9 Å². The van der Waals surface area contributed by atoms with Gasteiger partial charge in [-0.3, -0.25) is 15.0 Å². The molecule has 0 amide bonds. The Morgan fingerprint density at radius 2 is 1.90 bits per heavy atom. The fraction of sp³-hybridized carbons (Fsp3) is 0.476. The molecule has 3 heterocycles. The van der Waals surface area contributed by atoms with Gasteiger partial charge in [-0.1, -0.05) is 0 Å². The second-order valence-electron chi connectivity index (χ2n) is 9.35. The third kappa shape index (κ3) is 4.05. The maximum Gasteiger partial charge on any atom is 0.270 e. The van der Waals surface area contributed by atoms with Crippen molar-refractivity contribution in [2.45, 2.75) is 57.7 Å². The number of aromatic nitrogens is 3. The minimum absolute atomic E-state index is 0.0208.